The Bertz CT molecular complexity index is 514. The van der Waals surface area contributed by atoms with Crippen molar-refractivity contribution in [3.63, 3.8) is 0 Å². The molecule has 0 saturated carbocycles. The summed E-state index contributed by atoms with van der Waals surface area (Å²) in [5.74, 6) is -1.95. The Morgan fingerprint density at radius 2 is 2.21 bits per heavy atom. The molecular weight excluding hydrogens is 276 g/mol. The molecule has 9 heteroatoms. The van der Waals surface area contributed by atoms with Crippen molar-refractivity contribution in [2.45, 2.75) is 12.5 Å². The van der Waals surface area contributed by atoms with E-state index in [9.17, 15) is 19.7 Å². The molecule has 0 bridgehead atoms. The normalized spacial score (nSPS) is 13.6. The average Bonchev–Trinajstić information content (AvgIpc) is 2.78. The van der Waals surface area contributed by atoms with Crippen LogP contribution in [0.2, 0.25) is 0 Å². The van der Waals surface area contributed by atoms with Gasteiger partial charge in [0.1, 0.15) is 0 Å². The van der Waals surface area contributed by atoms with E-state index in [1.54, 1.807) is 0 Å². The van der Waals surface area contributed by atoms with Crippen molar-refractivity contribution in [3.8, 4) is 0 Å². The lowest BCUT2D eigenvalue weighted by atomic mass is 10.0. The van der Waals surface area contributed by atoms with Crippen molar-refractivity contribution in [2.24, 2.45) is 0 Å². The van der Waals surface area contributed by atoms with Crippen LogP contribution in [0, 0.1) is 10.1 Å². The summed E-state index contributed by atoms with van der Waals surface area (Å²) in [7, 11) is 1.31. The van der Waals surface area contributed by atoms with Crippen LogP contribution in [0.25, 0.3) is 0 Å². The molecule has 19 heavy (non-hydrogen) atoms. The molecule has 0 spiro atoms. The highest BCUT2D eigenvalue weighted by Crippen LogP contribution is 2.24. The van der Waals surface area contributed by atoms with Crippen LogP contribution >= 0.6 is 11.3 Å². The van der Waals surface area contributed by atoms with Gasteiger partial charge >= 0.3 is 11.0 Å². The van der Waals surface area contributed by atoms with Crippen LogP contribution in [-0.2, 0) is 9.53 Å². The number of carbonyl (C=O) groups is 2. The third-order valence-corrected chi connectivity index (χ3v) is 3.33. The predicted octanol–water partition coefficient (Wildman–Crippen LogP) is 0.876. The number of nitrogens with zero attached hydrogens (tertiary/aromatic N) is 1. The van der Waals surface area contributed by atoms with Crippen molar-refractivity contribution in [2.75, 3.05) is 13.7 Å². The Morgan fingerprint density at radius 1 is 1.58 bits per heavy atom. The van der Waals surface area contributed by atoms with Crippen molar-refractivity contribution < 1.29 is 24.4 Å². The summed E-state index contributed by atoms with van der Waals surface area (Å²) in [4.78, 5) is 32.9. The maximum absolute atomic E-state index is 11.8. The van der Waals surface area contributed by atoms with Crippen LogP contribution < -0.4 is 5.32 Å². The summed E-state index contributed by atoms with van der Waals surface area (Å²) < 4.78 is 4.75. The van der Waals surface area contributed by atoms with E-state index in [4.69, 9.17) is 9.84 Å². The summed E-state index contributed by atoms with van der Waals surface area (Å²) in [5, 5.41) is 21.7. The first kappa shape index (κ1) is 15.1. The molecule has 0 aliphatic rings. The zero-order chi connectivity index (χ0) is 14.6. The van der Waals surface area contributed by atoms with Gasteiger partial charge in [-0.25, -0.2) is 4.79 Å². The first-order valence-corrected chi connectivity index (χ1v) is 5.91. The highest BCUT2D eigenvalue weighted by atomic mass is 32.1. The molecule has 0 saturated heterocycles. The van der Waals surface area contributed by atoms with Crippen molar-refractivity contribution >= 4 is 28.2 Å². The van der Waals surface area contributed by atoms with E-state index in [0.717, 1.165) is 0 Å². The number of carboxylic acids is 1. The molecule has 0 aromatic carbocycles. The van der Waals surface area contributed by atoms with Crippen LogP contribution in [0.3, 0.4) is 0 Å². The SMILES string of the molecule is COCC(C)(NC(=O)c1ccc([N+](=O)[O-])s1)C(=O)O. The van der Waals surface area contributed by atoms with Gasteiger partial charge in [0.05, 0.1) is 16.4 Å². The molecule has 1 atom stereocenters. The fraction of sp³-hybridized carbons (Fsp3) is 0.400. The molecule has 1 aromatic rings. The van der Waals surface area contributed by atoms with E-state index in [0.29, 0.717) is 11.3 Å². The number of hydrogen-bond acceptors (Lipinski definition) is 6. The molecule has 0 aliphatic carbocycles. The number of hydrogen-bond donors (Lipinski definition) is 2. The van der Waals surface area contributed by atoms with Crippen molar-refractivity contribution in [3.05, 3.63) is 27.1 Å². The number of thiophene rings is 1. The molecule has 0 aliphatic heterocycles. The third-order valence-electron chi connectivity index (χ3n) is 2.29. The molecule has 1 amide bonds. The Morgan fingerprint density at radius 3 is 2.63 bits per heavy atom. The smallest absolute Gasteiger partial charge is 0.331 e. The number of rotatable bonds is 6. The molecule has 1 heterocycles. The Hall–Kier alpha value is -2.00. The van der Waals surface area contributed by atoms with Crippen molar-refractivity contribution in [1.82, 2.24) is 5.32 Å². The fourth-order valence-electron chi connectivity index (χ4n) is 1.30. The average molecular weight is 288 g/mol. The first-order chi connectivity index (χ1) is 8.80. The van der Waals surface area contributed by atoms with Gasteiger partial charge in [0, 0.05) is 13.2 Å². The Labute approximate surface area is 112 Å². The van der Waals surface area contributed by atoms with E-state index < -0.39 is 22.3 Å². The summed E-state index contributed by atoms with van der Waals surface area (Å²) >= 11 is 0.675. The summed E-state index contributed by atoms with van der Waals surface area (Å²) in [6.45, 7) is 1.07. The minimum Gasteiger partial charge on any atom is -0.479 e. The Balaban J connectivity index is 2.87. The van der Waals surface area contributed by atoms with Gasteiger partial charge in [0.15, 0.2) is 5.54 Å². The van der Waals surface area contributed by atoms with Crippen LogP contribution in [0.15, 0.2) is 12.1 Å². The molecular formula is C10H12N2O6S. The largest absolute Gasteiger partial charge is 0.479 e. The molecule has 1 rings (SSSR count). The molecule has 104 valence electrons. The van der Waals surface area contributed by atoms with Gasteiger partial charge in [0.25, 0.3) is 5.91 Å². The maximum Gasteiger partial charge on any atom is 0.331 e. The highest BCUT2D eigenvalue weighted by Gasteiger charge is 2.35. The number of ether oxygens (including phenoxy) is 1. The lowest BCUT2D eigenvalue weighted by Gasteiger charge is -2.24. The molecule has 0 radical (unpaired) electrons. The van der Waals surface area contributed by atoms with Gasteiger partial charge in [-0.15, -0.1) is 0 Å². The van der Waals surface area contributed by atoms with Gasteiger partial charge in [0.2, 0.25) is 0 Å². The molecule has 8 nitrogen and oxygen atoms in total. The minimum absolute atomic E-state index is 0.0651. The number of nitro groups is 1. The van der Waals surface area contributed by atoms with Crippen LogP contribution in [-0.4, -0.2) is 41.2 Å². The van der Waals surface area contributed by atoms with Crippen LogP contribution in [0.5, 0.6) is 0 Å². The highest BCUT2D eigenvalue weighted by molar-refractivity contribution is 7.17. The number of methoxy groups -OCH3 is 1. The first-order valence-electron chi connectivity index (χ1n) is 5.09. The third kappa shape index (κ3) is 3.48. The molecule has 1 aromatic heterocycles. The quantitative estimate of drug-likeness (QED) is 0.592. The van der Waals surface area contributed by atoms with Gasteiger partial charge in [-0.2, -0.15) is 0 Å². The molecule has 1 unspecified atom stereocenters. The zero-order valence-electron chi connectivity index (χ0n) is 10.2. The van der Waals surface area contributed by atoms with E-state index in [1.165, 1.54) is 26.2 Å². The van der Waals surface area contributed by atoms with Crippen LogP contribution in [0.1, 0.15) is 16.6 Å². The van der Waals surface area contributed by atoms with Gasteiger partial charge in [-0.1, -0.05) is 11.3 Å². The second-order valence-corrected chi connectivity index (χ2v) is 4.98. The maximum atomic E-state index is 11.8. The summed E-state index contributed by atoms with van der Waals surface area (Å²) in [6.07, 6.45) is 0. The van der Waals surface area contributed by atoms with Gasteiger partial charge < -0.3 is 15.2 Å². The topological polar surface area (TPSA) is 119 Å². The number of carboxylic acid groups (broad SMARTS) is 1. The predicted molar refractivity (Wildman–Crippen MR) is 66.4 cm³/mol. The van der Waals surface area contributed by atoms with Crippen molar-refractivity contribution in [1.29, 1.82) is 0 Å². The second kappa shape index (κ2) is 5.76. The fourth-order valence-corrected chi connectivity index (χ4v) is 2.02. The Kier molecular flexibility index (Phi) is 4.57. The monoisotopic (exact) mass is 288 g/mol. The standard InChI is InChI=1S/C10H12N2O6S/c1-10(5-18-2,9(14)15)11-8(13)6-3-4-7(19-6)12(16)17/h3-4H,5H2,1-2H3,(H,11,13)(H,14,15). The number of nitrogens with one attached hydrogen (secondary N) is 1. The minimum atomic E-state index is -1.59. The van der Waals surface area contributed by atoms with Crippen LogP contribution in [0.4, 0.5) is 5.00 Å². The number of carbonyl (C=O) groups excluding carboxylic acids is 1. The lowest BCUT2D eigenvalue weighted by molar-refractivity contribution is -0.380. The summed E-state index contributed by atoms with van der Waals surface area (Å²) in [5.41, 5.74) is -1.59. The zero-order valence-corrected chi connectivity index (χ0v) is 11.0. The van der Waals surface area contributed by atoms with E-state index in [-0.39, 0.29) is 16.5 Å². The number of amides is 1. The summed E-state index contributed by atoms with van der Waals surface area (Å²) in [6, 6.07) is 2.46. The van der Waals surface area contributed by atoms with E-state index in [2.05, 4.69) is 5.32 Å². The van der Waals surface area contributed by atoms with E-state index in [1.807, 2.05) is 0 Å². The molecule has 2 N–H and O–H groups in total. The lowest BCUT2D eigenvalue weighted by Crippen LogP contribution is -2.55. The molecule has 0 fully saturated rings. The second-order valence-electron chi connectivity index (χ2n) is 3.92. The van der Waals surface area contributed by atoms with Gasteiger partial charge in [-0.05, 0) is 13.0 Å². The number of aliphatic carboxylic acids is 1. The van der Waals surface area contributed by atoms with Gasteiger partial charge in [-0.3, -0.25) is 14.9 Å². The van der Waals surface area contributed by atoms with E-state index >= 15 is 0 Å².